The second-order valence-electron chi connectivity index (χ2n) is 4.91. The average molecular weight is 279 g/mol. The third-order valence-electron chi connectivity index (χ3n) is 3.19. The molecule has 0 N–H and O–H groups in total. The molecule has 0 aliphatic rings. The summed E-state index contributed by atoms with van der Waals surface area (Å²) in [7, 11) is 0. The number of carbonyl (C=O) groups is 1. The summed E-state index contributed by atoms with van der Waals surface area (Å²) < 4.78 is 0. The van der Waals surface area contributed by atoms with E-state index in [9.17, 15) is 4.79 Å². The van der Waals surface area contributed by atoms with Crippen LogP contribution in [0, 0.1) is 0 Å². The van der Waals surface area contributed by atoms with Crippen LogP contribution in [0.3, 0.4) is 0 Å². The van der Waals surface area contributed by atoms with Gasteiger partial charge in [-0.2, -0.15) is 0 Å². The van der Waals surface area contributed by atoms with Gasteiger partial charge >= 0.3 is 0 Å². The highest BCUT2D eigenvalue weighted by Gasteiger charge is 1.98. The largest absolute Gasteiger partial charge is 0.298 e. The number of aldehydes is 1. The summed E-state index contributed by atoms with van der Waals surface area (Å²) in [6, 6.07) is 7.57. The van der Waals surface area contributed by atoms with Gasteiger partial charge in [0, 0.05) is 5.02 Å². The van der Waals surface area contributed by atoms with Crippen molar-refractivity contribution in [3.63, 3.8) is 0 Å². The van der Waals surface area contributed by atoms with Crippen molar-refractivity contribution in [2.24, 2.45) is 0 Å². The summed E-state index contributed by atoms with van der Waals surface area (Å²) in [5.41, 5.74) is 1.91. The van der Waals surface area contributed by atoms with E-state index in [1.165, 1.54) is 32.1 Å². The smallest absolute Gasteiger partial charge is 0.146 e. The summed E-state index contributed by atoms with van der Waals surface area (Å²) in [5.74, 6) is 0. The zero-order valence-corrected chi connectivity index (χ0v) is 12.5. The second-order valence-corrected chi connectivity index (χ2v) is 5.34. The number of hydrogen-bond acceptors (Lipinski definition) is 1. The van der Waals surface area contributed by atoms with Crippen molar-refractivity contribution < 1.29 is 4.79 Å². The van der Waals surface area contributed by atoms with Crippen LogP contribution in [-0.4, -0.2) is 6.29 Å². The predicted molar refractivity (Wildman–Crippen MR) is 83.5 cm³/mol. The van der Waals surface area contributed by atoms with Crippen LogP contribution in [0.25, 0.3) is 6.08 Å². The fourth-order valence-corrected chi connectivity index (χ4v) is 2.17. The summed E-state index contributed by atoms with van der Waals surface area (Å²) in [4.78, 5) is 11.0. The molecule has 0 heterocycles. The summed E-state index contributed by atoms with van der Waals surface area (Å²) in [6.07, 6.45) is 11.3. The standard InChI is InChI=1S/C17H23ClO/c1-2-3-4-5-6-7-8-16(14-19)13-15-9-11-17(18)12-10-15/h9-14H,2-8H2,1H3/b16-13+. The van der Waals surface area contributed by atoms with Crippen LogP contribution in [0.5, 0.6) is 0 Å². The van der Waals surface area contributed by atoms with Crippen LogP contribution in [-0.2, 0) is 4.79 Å². The van der Waals surface area contributed by atoms with Gasteiger partial charge < -0.3 is 0 Å². The molecule has 2 heteroatoms. The van der Waals surface area contributed by atoms with Gasteiger partial charge in [0.15, 0.2) is 0 Å². The molecule has 0 amide bonds. The van der Waals surface area contributed by atoms with Gasteiger partial charge in [0.1, 0.15) is 6.29 Å². The summed E-state index contributed by atoms with van der Waals surface area (Å²) in [5, 5.41) is 0.723. The number of rotatable bonds is 9. The van der Waals surface area contributed by atoms with Crippen molar-refractivity contribution in [2.45, 2.75) is 51.9 Å². The Labute approximate surface area is 121 Å². The molecule has 1 rings (SSSR count). The Hall–Kier alpha value is -1.08. The molecule has 0 saturated carbocycles. The monoisotopic (exact) mass is 278 g/mol. The van der Waals surface area contributed by atoms with Crippen LogP contribution in [0.2, 0.25) is 5.02 Å². The first-order chi connectivity index (χ1) is 9.26. The van der Waals surface area contributed by atoms with E-state index in [1.807, 2.05) is 30.3 Å². The SMILES string of the molecule is CCCCCCCC/C(C=O)=C\c1ccc(Cl)cc1. The fraction of sp³-hybridized carbons (Fsp3) is 0.471. The van der Waals surface area contributed by atoms with E-state index in [0.29, 0.717) is 0 Å². The topological polar surface area (TPSA) is 17.1 Å². The highest BCUT2D eigenvalue weighted by Crippen LogP contribution is 2.15. The van der Waals surface area contributed by atoms with Gasteiger partial charge in [0.05, 0.1) is 0 Å². The Balaban J connectivity index is 2.36. The maximum Gasteiger partial charge on any atom is 0.146 e. The molecule has 0 aromatic heterocycles. The first-order valence-corrected chi connectivity index (χ1v) is 7.55. The predicted octanol–water partition coefficient (Wildman–Crippen LogP) is 5.67. The highest BCUT2D eigenvalue weighted by atomic mass is 35.5. The Morgan fingerprint density at radius 1 is 1.05 bits per heavy atom. The lowest BCUT2D eigenvalue weighted by atomic mass is 10.0. The van der Waals surface area contributed by atoms with E-state index in [1.54, 1.807) is 0 Å². The zero-order chi connectivity index (χ0) is 13.9. The third kappa shape index (κ3) is 7.17. The number of unbranched alkanes of at least 4 members (excludes halogenated alkanes) is 5. The van der Waals surface area contributed by atoms with Gasteiger partial charge in [-0.1, -0.05) is 62.8 Å². The molecule has 0 radical (unpaired) electrons. The minimum atomic E-state index is 0.723. The van der Waals surface area contributed by atoms with Crippen LogP contribution in [0.15, 0.2) is 29.8 Å². The van der Waals surface area contributed by atoms with E-state index in [4.69, 9.17) is 11.6 Å². The molecule has 0 aliphatic carbocycles. The Morgan fingerprint density at radius 3 is 2.32 bits per heavy atom. The van der Waals surface area contributed by atoms with Crippen LogP contribution >= 0.6 is 11.6 Å². The van der Waals surface area contributed by atoms with Crippen molar-refractivity contribution in [3.8, 4) is 0 Å². The van der Waals surface area contributed by atoms with Gasteiger partial charge in [-0.25, -0.2) is 0 Å². The van der Waals surface area contributed by atoms with E-state index >= 15 is 0 Å². The number of carbonyl (C=O) groups excluding carboxylic acids is 1. The number of halogens is 1. The van der Waals surface area contributed by atoms with Crippen molar-refractivity contribution in [2.75, 3.05) is 0 Å². The second kappa shape index (κ2) is 9.80. The lowest BCUT2D eigenvalue weighted by molar-refractivity contribution is -0.105. The van der Waals surface area contributed by atoms with Crippen molar-refractivity contribution in [1.29, 1.82) is 0 Å². The van der Waals surface area contributed by atoms with E-state index in [-0.39, 0.29) is 0 Å². The minimum Gasteiger partial charge on any atom is -0.298 e. The quantitative estimate of drug-likeness (QED) is 0.323. The van der Waals surface area contributed by atoms with Crippen molar-refractivity contribution in [3.05, 3.63) is 40.4 Å². The fourth-order valence-electron chi connectivity index (χ4n) is 2.05. The third-order valence-corrected chi connectivity index (χ3v) is 3.44. The van der Waals surface area contributed by atoms with Crippen molar-refractivity contribution >= 4 is 24.0 Å². The van der Waals surface area contributed by atoms with E-state index in [0.717, 1.165) is 35.3 Å². The molecule has 0 unspecified atom stereocenters. The normalized spacial score (nSPS) is 11.6. The molecule has 0 bridgehead atoms. The summed E-state index contributed by atoms with van der Waals surface area (Å²) in [6.45, 7) is 2.22. The molecule has 0 saturated heterocycles. The molecular weight excluding hydrogens is 256 g/mol. The average Bonchev–Trinajstić information content (AvgIpc) is 2.43. The number of hydrogen-bond donors (Lipinski definition) is 0. The van der Waals surface area contributed by atoms with Gasteiger partial charge in [-0.3, -0.25) is 4.79 Å². The van der Waals surface area contributed by atoms with Crippen LogP contribution in [0.4, 0.5) is 0 Å². The molecule has 0 aliphatic heterocycles. The molecule has 1 aromatic carbocycles. The van der Waals surface area contributed by atoms with Gasteiger partial charge in [0.2, 0.25) is 0 Å². The molecule has 19 heavy (non-hydrogen) atoms. The highest BCUT2D eigenvalue weighted by molar-refractivity contribution is 6.30. The number of allylic oxidation sites excluding steroid dienone is 1. The molecule has 1 nitrogen and oxygen atoms in total. The molecule has 0 spiro atoms. The van der Waals surface area contributed by atoms with E-state index in [2.05, 4.69) is 6.92 Å². The van der Waals surface area contributed by atoms with Gasteiger partial charge in [0.25, 0.3) is 0 Å². The van der Waals surface area contributed by atoms with Gasteiger partial charge in [-0.15, -0.1) is 0 Å². The first kappa shape index (κ1) is 16.0. The van der Waals surface area contributed by atoms with Crippen molar-refractivity contribution in [1.82, 2.24) is 0 Å². The maximum atomic E-state index is 11.0. The van der Waals surface area contributed by atoms with Crippen LogP contribution < -0.4 is 0 Å². The maximum absolute atomic E-state index is 11.0. The molecular formula is C17H23ClO. The molecule has 104 valence electrons. The minimum absolute atomic E-state index is 0.723. The lowest BCUT2D eigenvalue weighted by Crippen LogP contribution is -1.87. The van der Waals surface area contributed by atoms with Gasteiger partial charge in [-0.05, 0) is 42.2 Å². The van der Waals surface area contributed by atoms with E-state index < -0.39 is 0 Å². The number of benzene rings is 1. The molecule has 0 atom stereocenters. The Bertz CT molecular complexity index is 392. The Kier molecular flexibility index (Phi) is 8.24. The molecule has 1 aromatic rings. The lowest BCUT2D eigenvalue weighted by Gasteiger charge is -2.02. The zero-order valence-electron chi connectivity index (χ0n) is 11.7. The Morgan fingerprint density at radius 2 is 1.68 bits per heavy atom. The molecule has 0 fully saturated rings. The van der Waals surface area contributed by atoms with Crippen LogP contribution in [0.1, 0.15) is 57.4 Å². The summed E-state index contributed by atoms with van der Waals surface area (Å²) >= 11 is 5.84. The first-order valence-electron chi connectivity index (χ1n) is 7.17.